The Bertz CT molecular complexity index is 1120. The molecule has 0 bridgehead atoms. The van der Waals surface area contributed by atoms with Crippen LogP contribution in [0.5, 0.6) is 0 Å². The number of carbonyl (C=O) groups is 2. The molecule has 0 aromatic heterocycles. The molecule has 6 atom stereocenters. The van der Waals surface area contributed by atoms with Crippen LogP contribution >= 0.6 is 7.82 Å². The lowest BCUT2D eigenvalue weighted by atomic mass is 9.85. The smallest absolute Gasteiger partial charge is 0.462 e. The monoisotopic (exact) mass is 849 g/mol. The quantitative estimate of drug-likeness (QED) is 0.0150. The van der Waals surface area contributed by atoms with Gasteiger partial charge < -0.3 is 39.9 Å². The number of allylic oxidation sites excluding steroid dienone is 4. The lowest BCUT2D eigenvalue weighted by Crippen LogP contribution is -2.64. The Kier molecular flexibility index (Phi) is 32.8. The van der Waals surface area contributed by atoms with Crippen LogP contribution in [0.15, 0.2) is 24.3 Å². The van der Waals surface area contributed by atoms with Gasteiger partial charge in [-0.25, -0.2) is 4.57 Å². The molecule has 6 unspecified atom stereocenters. The first-order valence-corrected chi connectivity index (χ1v) is 24.1. The number of phosphoric ester groups is 1. The molecule has 6 N–H and O–H groups in total. The third-order valence-electron chi connectivity index (χ3n) is 10.5. The Morgan fingerprint density at radius 2 is 0.931 bits per heavy atom. The van der Waals surface area contributed by atoms with E-state index in [0.29, 0.717) is 12.8 Å². The summed E-state index contributed by atoms with van der Waals surface area (Å²) in [6, 6.07) is 0. The number of rotatable bonds is 37. The minimum Gasteiger partial charge on any atom is -0.462 e. The van der Waals surface area contributed by atoms with Gasteiger partial charge >= 0.3 is 19.8 Å². The summed E-state index contributed by atoms with van der Waals surface area (Å²) in [7, 11) is -5.11. The molecule has 13 nitrogen and oxygen atoms in total. The number of unbranched alkanes of at least 4 members (excludes halogenated alkanes) is 21. The second-order valence-electron chi connectivity index (χ2n) is 15.9. The van der Waals surface area contributed by atoms with Crippen LogP contribution in [0.3, 0.4) is 0 Å². The molecule has 58 heavy (non-hydrogen) atoms. The van der Waals surface area contributed by atoms with E-state index in [2.05, 4.69) is 38.2 Å². The molecule has 340 valence electrons. The van der Waals surface area contributed by atoms with Gasteiger partial charge in [-0.1, -0.05) is 154 Å². The van der Waals surface area contributed by atoms with Crippen LogP contribution in [0.1, 0.15) is 187 Å². The molecule has 1 aliphatic carbocycles. The van der Waals surface area contributed by atoms with Crippen molar-refractivity contribution in [1.29, 1.82) is 0 Å². The minimum atomic E-state index is -5.11. The third kappa shape index (κ3) is 27.2. The number of aliphatic hydroxyl groups excluding tert-OH is 5. The molecule has 0 aromatic rings. The van der Waals surface area contributed by atoms with E-state index in [1.54, 1.807) is 0 Å². The Labute approximate surface area is 349 Å². The fraction of sp³-hybridized carbons (Fsp3) is 0.864. The standard InChI is InChI=1S/C44H81O13P/c1-3-5-7-9-11-13-15-16-17-18-19-20-21-23-25-27-29-31-33-38(46)56-36(34-54-37(45)32-30-28-26-24-22-14-12-10-8-6-4-2)35-55-58(52,53)57-44-42(50)40(48)39(47)41(49)43(44)51/h13,15,17-18,36,39-44,47-51H,3-12,14,16,19-35H2,1-2H3,(H,52,53)/b15-13-,18-17-. The van der Waals surface area contributed by atoms with Crippen LogP contribution in [0, 0.1) is 0 Å². The molecule has 0 amide bonds. The lowest BCUT2D eigenvalue weighted by molar-refractivity contribution is -0.220. The summed E-state index contributed by atoms with van der Waals surface area (Å²) in [6.45, 7) is 3.26. The summed E-state index contributed by atoms with van der Waals surface area (Å²) in [6.07, 6.45) is 23.8. The Hall–Kier alpha value is -1.67. The second kappa shape index (κ2) is 35.0. The van der Waals surface area contributed by atoms with Gasteiger partial charge in [0.15, 0.2) is 6.10 Å². The number of hydrogen-bond acceptors (Lipinski definition) is 12. The molecule has 1 saturated carbocycles. The van der Waals surface area contributed by atoms with Crippen molar-refractivity contribution >= 4 is 19.8 Å². The van der Waals surface area contributed by atoms with Gasteiger partial charge in [0.1, 0.15) is 43.2 Å². The highest BCUT2D eigenvalue weighted by atomic mass is 31.2. The fourth-order valence-electron chi connectivity index (χ4n) is 6.85. The van der Waals surface area contributed by atoms with E-state index >= 15 is 0 Å². The predicted octanol–water partition coefficient (Wildman–Crippen LogP) is 8.45. The zero-order valence-corrected chi connectivity index (χ0v) is 36.7. The highest BCUT2D eigenvalue weighted by molar-refractivity contribution is 7.47. The van der Waals surface area contributed by atoms with Crippen LogP contribution in [-0.2, 0) is 32.7 Å². The van der Waals surface area contributed by atoms with Gasteiger partial charge in [-0.3, -0.25) is 18.6 Å². The number of ether oxygens (including phenoxy) is 2. The van der Waals surface area contributed by atoms with Crippen molar-refractivity contribution < 1.29 is 63.1 Å². The number of phosphoric acid groups is 1. The summed E-state index contributed by atoms with van der Waals surface area (Å²) in [5, 5.41) is 50.1. The maximum absolute atomic E-state index is 12.8. The first kappa shape index (κ1) is 54.3. The molecule has 1 rings (SSSR count). The summed E-state index contributed by atoms with van der Waals surface area (Å²) in [4.78, 5) is 35.6. The van der Waals surface area contributed by atoms with Gasteiger partial charge in [-0.15, -0.1) is 0 Å². The van der Waals surface area contributed by atoms with Gasteiger partial charge in [0.25, 0.3) is 0 Å². The van der Waals surface area contributed by atoms with E-state index in [1.165, 1.54) is 77.0 Å². The van der Waals surface area contributed by atoms with Crippen LogP contribution < -0.4 is 0 Å². The average molecular weight is 849 g/mol. The third-order valence-corrected chi connectivity index (χ3v) is 11.5. The van der Waals surface area contributed by atoms with Gasteiger partial charge in [-0.2, -0.15) is 0 Å². The van der Waals surface area contributed by atoms with Gasteiger partial charge in [-0.05, 0) is 44.9 Å². The summed E-state index contributed by atoms with van der Waals surface area (Å²) < 4.78 is 33.5. The van der Waals surface area contributed by atoms with E-state index in [4.69, 9.17) is 18.5 Å². The zero-order valence-electron chi connectivity index (χ0n) is 35.8. The molecular formula is C44H81O13P. The van der Waals surface area contributed by atoms with Crippen molar-refractivity contribution in [3.63, 3.8) is 0 Å². The largest absolute Gasteiger partial charge is 0.472 e. The van der Waals surface area contributed by atoms with Crippen molar-refractivity contribution in [3.05, 3.63) is 24.3 Å². The van der Waals surface area contributed by atoms with Crippen molar-refractivity contribution in [2.45, 2.75) is 230 Å². The molecule has 0 aromatic carbocycles. The second-order valence-corrected chi connectivity index (χ2v) is 17.3. The molecule has 0 spiro atoms. The summed E-state index contributed by atoms with van der Waals surface area (Å²) in [5.74, 6) is -1.10. The van der Waals surface area contributed by atoms with Gasteiger partial charge in [0.2, 0.25) is 0 Å². The number of aliphatic hydroxyl groups is 5. The SMILES string of the molecule is CCCCCC/C=C\C/C=C\CCCCCCCCCC(=O)OC(COC(=O)CCCCCCCCCCCCC)COP(=O)(O)OC1C(O)C(O)C(O)C(O)C1O. The van der Waals surface area contributed by atoms with Crippen molar-refractivity contribution in [2.24, 2.45) is 0 Å². The molecule has 0 saturated heterocycles. The van der Waals surface area contributed by atoms with Crippen molar-refractivity contribution in [1.82, 2.24) is 0 Å². The molecule has 0 heterocycles. The number of hydrogen-bond donors (Lipinski definition) is 6. The Morgan fingerprint density at radius 3 is 1.41 bits per heavy atom. The van der Waals surface area contributed by atoms with E-state index in [9.17, 15) is 44.6 Å². The first-order valence-electron chi connectivity index (χ1n) is 22.6. The van der Waals surface area contributed by atoms with E-state index in [-0.39, 0.29) is 12.8 Å². The van der Waals surface area contributed by atoms with E-state index in [0.717, 1.165) is 70.6 Å². The van der Waals surface area contributed by atoms with Crippen LogP contribution in [0.2, 0.25) is 0 Å². The molecule has 14 heteroatoms. The van der Waals surface area contributed by atoms with Gasteiger partial charge in [0.05, 0.1) is 6.61 Å². The topological polar surface area (TPSA) is 210 Å². The first-order chi connectivity index (χ1) is 27.9. The molecule has 1 fully saturated rings. The van der Waals surface area contributed by atoms with Crippen LogP contribution in [0.25, 0.3) is 0 Å². The normalized spacial score (nSPS) is 22.7. The van der Waals surface area contributed by atoms with Crippen LogP contribution in [-0.4, -0.2) is 98.3 Å². The number of carbonyl (C=O) groups excluding carboxylic acids is 2. The van der Waals surface area contributed by atoms with Crippen molar-refractivity contribution in [2.75, 3.05) is 13.2 Å². The highest BCUT2D eigenvalue weighted by Gasteiger charge is 2.51. The molecular weight excluding hydrogens is 767 g/mol. The highest BCUT2D eigenvalue weighted by Crippen LogP contribution is 2.47. The fourth-order valence-corrected chi connectivity index (χ4v) is 7.82. The van der Waals surface area contributed by atoms with Crippen LogP contribution in [0.4, 0.5) is 0 Å². The van der Waals surface area contributed by atoms with E-state index < -0.39 is 75.7 Å². The predicted molar refractivity (Wildman–Crippen MR) is 226 cm³/mol. The number of esters is 2. The maximum atomic E-state index is 12.8. The van der Waals surface area contributed by atoms with E-state index in [1.807, 2.05) is 0 Å². The summed E-state index contributed by atoms with van der Waals surface area (Å²) in [5.41, 5.74) is 0. The zero-order chi connectivity index (χ0) is 42.9. The Morgan fingerprint density at radius 1 is 0.534 bits per heavy atom. The van der Waals surface area contributed by atoms with Gasteiger partial charge in [0, 0.05) is 12.8 Å². The minimum absolute atomic E-state index is 0.0903. The molecule has 1 aliphatic rings. The average Bonchev–Trinajstić information content (AvgIpc) is 3.20. The maximum Gasteiger partial charge on any atom is 0.472 e. The molecule has 0 aliphatic heterocycles. The summed E-state index contributed by atoms with van der Waals surface area (Å²) >= 11 is 0. The Balaban J connectivity index is 2.46. The lowest BCUT2D eigenvalue weighted by Gasteiger charge is -2.41. The molecule has 0 radical (unpaired) electrons. The van der Waals surface area contributed by atoms with Crippen molar-refractivity contribution in [3.8, 4) is 0 Å².